The van der Waals surface area contributed by atoms with Gasteiger partial charge in [-0.1, -0.05) is 12.1 Å². The molecular formula is C24H33N7O2. The first-order chi connectivity index (χ1) is 16.0. The largest absolute Gasteiger partial charge is 0.384 e. The van der Waals surface area contributed by atoms with E-state index >= 15 is 0 Å². The number of nitrogens with two attached hydrogens (primary N) is 1. The summed E-state index contributed by atoms with van der Waals surface area (Å²) >= 11 is 0. The molecule has 0 saturated carbocycles. The molecule has 2 amide bonds. The number of piperidine rings is 1. The molecule has 2 aliphatic heterocycles. The predicted octanol–water partition coefficient (Wildman–Crippen LogP) is 2.18. The number of nitrogens with one attached hydrogen (secondary N) is 1. The number of methoxy groups -OCH3 is 1. The van der Waals surface area contributed by atoms with E-state index in [-0.39, 0.29) is 17.8 Å². The van der Waals surface area contributed by atoms with Crippen LogP contribution in [0.3, 0.4) is 0 Å². The second-order valence-corrected chi connectivity index (χ2v) is 9.00. The number of hydrogen-bond acceptors (Lipinski definition) is 6. The molecule has 0 aliphatic carbocycles. The maximum absolute atomic E-state index is 13.4. The predicted molar refractivity (Wildman–Crippen MR) is 127 cm³/mol. The molecule has 2 aliphatic rings. The lowest BCUT2D eigenvalue weighted by Gasteiger charge is -2.42. The quantitative estimate of drug-likeness (QED) is 0.470. The normalized spacial score (nSPS) is 20.3. The maximum Gasteiger partial charge on any atom is 0.324 e. The molecule has 4 rings (SSSR count). The number of nitrogen functional groups attached to an aromatic ring is 1. The lowest BCUT2D eigenvalue weighted by atomic mass is 9.95. The zero-order valence-corrected chi connectivity index (χ0v) is 19.2. The number of nitrogens with zero attached hydrogens (tertiary/aromatic N) is 5. The zero-order valence-electron chi connectivity index (χ0n) is 19.2. The van der Waals surface area contributed by atoms with E-state index in [0.29, 0.717) is 31.2 Å². The lowest BCUT2D eigenvalue weighted by Crippen LogP contribution is -2.56. The Labute approximate surface area is 195 Å². The van der Waals surface area contributed by atoms with Crippen LogP contribution < -0.4 is 10.6 Å². The summed E-state index contributed by atoms with van der Waals surface area (Å²) in [5, 5.41) is 7.73. The number of hydrogen-bond donors (Lipinski definition) is 2. The highest BCUT2D eigenvalue weighted by Crippen LogP contribution is 2.27. The molecule has 9 heteroatoms. The lowest BCUT2D eigenvalue weighted by molar-refractivity contribution is 0.0984. The Bertz CT molecular complexity index is 947. The Balaban J connectivity index is 1.39. The molecule has 33 heavy (non-hydrogen) atoms. The number of rotatable bonds is 8. The standard InChI is InChI=1S/C24H33N7O2/c1-33-17-19-14-30(24(32)31(15-19)22-4-2-3-20(11-22)23(25)26)13-18-5-9-29(10-6-18)16-21-12-27-7-8-28-21/h2-4,7-8,11-12,18-19H,5-6,9-10,13-17H2,1H3,(H3,25,26). The van der Waals surface area contributed by atoms with Crippen LogP contribution in [-0.2, 0) is 11.3 Å². The van der Waals surface area contributed by atoms with Crippen molar-refractivity contribution in [2.75, 3.05) is 51.3 Å². The minimum Gasteiger partial charge on any atom is -0.384 e. The van der Waals surface area contributed by atoms with E-state index in [9.17, 15) is 4.79 Å². The molecule has 2 aromatic rings. The van der Waals surface area contributed by atoms with Crippen LogP contribution in [0.25, 0.3) is 0 Å². The highest BCUT2D eigenvalue weighted by Gasteiger charge is 2.34. The van der Waals surface area contributed by atoms with E-state index in [0.717, 1.165) is 50.4 Å². The van der Waals surface area contributed by atoms with Crippen LogP contribution in [0.4, 0.5) is 10.5 Å². The molecule has 9 nitrogen and oxygen atoms in total. The number of amides is 2. The van der Waals surface area contributed by atoms with Crippen LogP contribution in [0.1, 0.15) is 24.1 Å². The first kappa shape index (κ1) is 23.1. The van der Waals surface area contributed by atoms with Crippen LogP contribution in [-0.4, -0.2) is 78.1 Å². The fourth-order valence-electron chi connectivity index (χ4n) is 4.78. The monoisotopic (exact) mass is 451 g/mol. The molecule has 2 fully saturated rings. The van der Waals surface area contributed by atoms with Crippen molar-refractivity contribution in [3.63, 3.8) is 0 Å². The minimum atomic E-state index is -0.000139. The molecule has 176 valence electrons. The molecule has 3 N–H and O–H groups in total. The molecule has 3 heterocycles. The van der Waals surface area contributed by atoms with Crippen molar-refractivity contribution >= 4 is 17.6 Å². The SMILES string of the molecule is COCC1CN(CC2CCN(Cc3cnccn3)CC2)C(=O)N(c2cccc(C(=N)N)c2)C1. The molecule has 1 aromatic carbocycles. The zero-order chi connectivity index (χ0) is 23.2. The van der Waals surface area contributed by atoms with Crippen molar-refractivity contribution in [3.05, 3.63) is 54.1 Å². The number of carbonyl (C=O) groups excluding carboxylic acids is 1. The van der Waals surface area contributed by atoms with E-state index in [1.165, 1.54) is 0 Å². The molecule has 2 saturated heterocycles. The Kier molecular flexibility index (Phi) is 7.51. The number of aromatic nitrogens is 2. The summed E-state index contributed by atoms with van der Waals surface area (Å²) in [6.45, 7) is 5.46. The molecule has 1 unspecified atom stereocenters. The molecular weight excluding hydrogens is 418 g/mol. The fraction of sp³-hybridized carbons (Fsp3) is 0.500. The van der Waals surface area contributed by atoms with Crippen LogP contribution in [0, 0.1) is 17.2 Å². The second kappa shape index (κ2) is 10.7. The Morgan fingerprint density at radius 3 is 2.73 bits per heavy atom. The highest BCUT2D eigenvalue weighted by atomic mass is 16.5. The van der Waals surface area contributed by atoms with Crippen molar-refractivity contribution in [2.24, 2.45) is 17.6 Å². The van der Waals surface area contributed by atoms with Crippen molar-refractivity contribution < 1.29 is 9.53 Å². The van der Waals surface area contributed by atoms with Gasteiger partial charge in [0.25, 0.3) is 0 Å². The summed E-state index contributed by atoms with van der Waals surface area (Å²) in [4.78, 5) is 28.2. The van der Waals surface area contributed by atoms with Gasteiger partial charge in [0.15, 0.2) is 0 Å². The summed E-state index contributed by atoms with van der Waals surface area (Å²) < 4.78 is 5.44. The van der Waals surface area contributed by atoms with E-state index in [2.05, 4.69) is 14.9 Å². The summed E-state index contributed by atoms with van der Waals surface area (Å²) in [5.41, 5.74) is 8.06. The van der Waals surface area contributed by atoms with E-state index < -0.39 is 0 Å². The average Bonchev–Trinajstić information content (AvgIpc) is 2.83. The smallest absolute Gasteiger partial charge is 0.324 e. The summed E-state index contributed by atoms with van der Waals surface area (Å²) in [5.74, 6) is 0.698. The summed E-state index contributed by atoms with van der Waals surface area (Å²) in [6, 6.07) is 7.38. The van der Waals surface area contributed by atoms with Gasteiger partial charge in [0.1, 0.15) is 5.84 Å². The Morgan fingerprint density at radius 1 is 1.21 bits per heavy atom. The van der Waals surface area contributed by atoms with Gasteiger partial charge in [-0.2, -0.15) is 0 Å². The second-order valence-electron chi connectivity index (χ2n) is 9.00. The third-order valence-corrected chi connectivity index (χ3v) is 6.48. The van der Waals surface area contributed by atoms with E-state index in [1.54, 1.807) is 25.6 Å². The van der Waals surface area contributed by atoms with Gasteiger partial charge in [-0.05, 0) is 44.0 Å². The Hall–Kier alpha value is -3.04. The van der Waals surface area contributed by atoms with Gasteiger partial charge in [-0.3, -0.25) is 25.2 Å². The Morgan fingerprint density at radius 2 is 2.03 bits per heavy atom. The van der Waals surface area contributed by atoms with Crippen molar-refractivity contribution in [1.82, 2.24) is 19.8 Å². The van der Waals surface area contributed by atoms with Crippen LogP contribution in [0.2, 0.25) is 0 Å². The number of carbonyl (C=O) groups is 1. The number of ether oxygens (including phenoxy) is 1. The molecule has 0 bridgehead atoms. The minimum absolute atomic E-state index is 0.000139. The topological polar surface area (TPSA) is 112 Å². The van der Waals surface area contributed by atoms with Crippen molar-refractivity contribution in [2.45, 2.75) is 19.4 Å². The molecule has 0 spiro atoms. The third-order valence-electron chi connectivity index (χ3n) is 6.48. The van der Waals surface area contributed by atoms with Crippen molar-refractivity contribution in [3.8, 4) is 0 Å². The summed E-state index contributed by atoms with van der Waals surface area (Å²) in [7, 11) is 1.70. The maximum atomic E-state index is 13.4. The van der Waals surface area contributed by atoms with E-state index in [4.69, 9.17) is 15.9 Å². The van der Waals surface area contributed by atoms with Gasteiger partial charge < -0.3 is 15.4 Å². The molecule has 1 aromatic heterocycles. The van der Waals surface area contributed by atoms with Crippen molar-refractivity contribution in [1.29, 1.82) is 5.41 Å². The average molecular weight is 452 g/mol. The van der Waals surface area contributed by atoms with Gasteiger partial charge in [0.05, 0.1) is 12.3 Å². The van der Waals surface area contributed by atoms with Gasteiger partial charge >= 0.3 is 6.03 Å². The van der Waals surface area contributed by atoms with Gasteiger partial charge in [-0.15, -0.1) is 0 Å². The molecule has 1 atom stereocenters. The summed E-state index contributed by atoms with van der Waals surface area (Å²) in [6.07, 6.45) is 7.36. The first-order valence-corrected chi connectivity index (χ1v) is 11.5. The highest BCUT2D eigenvalue weighted by molar-refractivity contribution is 5.98. The number of amidine groups is 1. The first-order valence-electron chi connectivity index (χ1n) is 11.5. The van der Waals surface area contributed by atoms with Gasteiger partial charge in [0, 0.05) is 69.0 Å². The fourth-order valence-corrected chi connectivity index (χ4v) is 4.78. The van der Waals surface area contributed by atoms with E-state index in [1.807, 2.05) is 34.2 Å². The number of likely N-dealkylation sites (tertiary alicyclic amines) is 1. The van der Waals surface area contributed by atoms with Crippen LogP contribution in [0.15, 0.2) is 42.9 Å². The van der Waals surface area contributed by atoms with Gasteiger partial charge in [-0.25, -0.2) is 4.79 Å². The third kappa shape index (κ3) is 5.85. The number of benzene rings is 1. The van der Waals surface area contributed by atoms with Gasteiger partial charge in [0.2, 0.25) is 0 Å². The number of anilines is 1. The molecule has 0 radical (unpaired) electrons. The number of urea groups is 1. The van der Waals surface area contributed by atoms with Crippen LogP contribution >= 0.6 is 0 Å². The van der Waals surface area contributed by atoms with Crippen LogP contribution in [0.5, 0.6) is 0 Å².